The second-order valence-electron chi connectivity index (χ2n) is 5.92. The van der Waals surface area contributed by atoms with E-state index >= 15 is 0 Å². The van der Waals surface area contributed by atoms with Crippen molar-refractivity contribution in [2.24, 2.45) is 0 Å². The first kappa shape index (κ1) is 17.4. The minimum absolute atomic E-state index is 0.105. The molecule has 3 rings (SSSR count). The van der Waals surface area contributed by atoms with Crippen molar-refractivity contribution in [3.63, 3.8) is 0 Å². The van der Waals surface area contributed by atoms with Crippen molar-refractivity contribution >= 4 is 11.6 Å². The fourth-order valence-electron chi connectivity index (χ4n) is 2.61. The van der Waals surface area contributed by atoms with Crippen molar-refractivity contribution < 1.29 is 0 Å². The summed E-state index contributed by atoms with van der Waals surface area (Å²) in [5, 5.41) is 17.1. The highest BCUT2D eigenvalue weighted by molar-refractivity contribution is 5.71. The molecule has 0 unspecified atom stereocenters. The molecule has 0 saturated heterocycles. The van der Waals surface area contributed by atoms with E-state index in [4.69, 9.17) is 5.73 Å². The maximum atomic E-state index is 9.52. The molecule has 3 N–H and O–H groups in total. The Morgan fingerprint density at radius 1 is 1.23 bits per heavy atom. The SMILES string of the molecule is CCCNc1cccc(-c2nc(-n3nc(C)cc3C)nc(N)c2C#N)n1. The number of hydrogen-bond donors (Lipinski definition) is 2. The van der Waals surface area contributed by atoms with Gasteiger partial charge in [0.05, 0.1) is 11.4 Å². The van der Waals surface area contributed by atoms with E-state index in [1.165, 1.54) is 0 Å². The summed E-state index contributed by atoms with van der Waals surface area (Å²) in [7, 11) is 0. The van der Waals surface area contributed by atoms with E-state index in [-0.39, 0.29) is 11.4 Å². The molecule has 0 aliphatic carbocycles. The van der Waals surface area contributed by atoms with Crippen LogP contribution < -0.4 is 11.1 Å². The number of pyridine rings is 1. The zero-order valence-electron chi connectivity index (χ0n) is 15.0. The van der Waals surface area contributed by atoms with Crippen LogP contribution in [0.2, 0.25) is 0 Å². The number of nitrogens with zero attached hydrogens (tertiary/aromatic N) is 6. The number of rotatable bonds is 5. The molecule has 26 heavy (non-hydrogen) atoms. The highest BCUT2D eigenvalue weighted by atomic mass is 15.4. The van der Waals surface area contributed by atoms with Crippen LogP contribution in [0, 0.1) is 25.2 Å². The van der Waals surface area contributed by atoms with Crippen LogP contribution in [0.25, 0.3) is 17.3 Å². The van der Waals surface area contributed by atoms with Gasteiger partial charge in [-0.3, -0.25) is 0 Å². The maximum absolute atomic E-state index is 9.52. The van der Waals surface area contributed by atoms with Crippen LogP contribution in [0.15, 0.2) is 24.3 Å². The minimum Gasteiger partial charge on any atom is -0.382 e. The van der Waals surface area contributed by atoms with Crippen molar-refractivity contribution in [3.05, 3.63) is 41.2 Å². The lowest BCUT2D eigenvalue weighted by molar-refractivity contribution is 0.776. The van der Waals surface area contributed by atoms with Gasteiger partial charge in [-0.15, -0.1) is 0 Å². The third kappa shape index (κ3) is 3.32. The molecule has 3 aromatic rings. The van der Waals surface area contributed by atoms with E-state index in [2.05, 4.69) is 38.4 Å². The molecule has 8 nitrogen and oxygen atoms in total. The summed E-state index contributed by atoms with van der Waals surface area (Å²) in [5.41, 5.74) is 8.90. The van der Waals surface area contributed by atoms with Gasteiger partial charge < -0.3 is 11.1 Å². The summed E-state index contributed by atoms with van der Waals surface area (Å²) < 4.78 is 1.61. The van der Waals surface area contributed by atoms with Crippen LogP contribution in [0.4, 0.5) is 11.6 Å². The Hall–Kier alpha value is -3.47. The van der Waals surface area contributed by atoms with E-state index in [0.29, 0.717) is 17.3 Å². The number of hydrogen-bond acceptors (Lipinski definition) is 7. The number of aryl methyl sites for hydroxylation is 2. The van der Waals surface area contributed by atoms with Crippen molar-refractivity contribution in [3.8, 4) is 23.4 Å². The summed E-state index contributed by atoms with van der Waals surface area (Å²) in [5.74, 6) is 1.14. The second-order valence-corrected chi connectivity index (χ2v) is 5.92. The normalized spacial score (nSPS) is 10.5. The lowest BCUT2D eigenvalue weighted by Gasteiger charge is -2.10. The lowest BCUT2D eigenvalue weighted by Crippen LogP contribution is -2.11. The molecular formula is C18H20N8. The lowest BCUT2D eigenvalue weighted by atomic mass is 10.1. The molecule has 0 aliphatic heterocycles. The summed E-state index contributed by atoms with van der Waals surface area (Å²) in [4.78, 5) is 13.3. The summed E-state index contributed by atoms with van der Waals surface area (Å²) in [6.07, 6.45) is 0.984. The number of nitrogens with one attached hydrogen (secondary N) is 1. The van der Waals surface area contributed by atoms with E-state index in [9.17, 15) is 5.26 Å². The predicted molar refractivity (Wildman–Crippen MR) is 99.8 cm³/mol. The fraction of sp³-hybridized carbons (Fsp3) is 0.278. The third-order valence-electron chi connectivity index (χ3n) is 3.78. The van der Waals surface area contributed by atoms with Gasteiger partial charge in [-0.2, -0.15) is 15.3 Å². The van der Waals surface area contributed by atoms with E-state index < -0.39 is 0 Å². The van der Waals surface area contributed by atoms with Crippen LogP contribution in [-0.2, 0) is 0 Å². The Balaban J connectivity index is 2.14. The molecule has 0 aromatic carbocycles. The minimum atomic E-state index is 0.105. The largest absolute Gasteiger partial charge is 0.382 e. The van der Waals surface area contributed by atoms with Crippen LogP contribution >= 0.6 is 0 Å². The first-order chi connectivity index (χ1) is 12.5. The average Bonchev–Trinajstić information content (AvgIpc) is 2.97. The van der Waals surface area contributed by atoms with Gasteiger partial charge in [0.15, 0.2) is 0 Å². The molecule has 8 heteroatoms. The molecule has 0 saturated carbocycles. The first-order valence-corrected chi connectivity index (χ1v) is 8.36. The molecule has 3 heterocycles. The zero-order chi connectivity index (χ0) is 18.7. The molecule has 3 aromatic heterocycles. The molecule has 0 aliphatic rings. The highest BCUT2D eigenvalue weighted by Gasteiger charge is 2.18. The summed E-state index contributed by atoms with van der Waals surface area (Å²) in [6.45, 7) is 6.69. The Morgan fingerprint density at radius 3 is 2.69 bits per heavy atom. The monoisotopic (exact) mass is 348 g/mol. The molecule has 0 bridgehead atoms. The maximum Gasteiger partial charge on any atom is 0.253 e. The molecule has 0 fully saturated rings. The van der Waals surface area contributed by atoms with Crippen LogP contribution in [0.3, 0.4) is 0 Å². The van der Waals surface area contributed by atoms with Crippen molar-refractivity contribution in [2.75, 3.05) is 17.6 Å². The standard InChI is InChI=1S/C18H20N8/c1-4-8-21-15-7-5-6-14(22-15)16-13(10-19)17(20)24-18(23-16)26-12(3)9-11(2)25-26/h5-7,9H,4,8H2,1-3H3,(H,21,22)(H2,20,23,24). The Morgan fingerprint density at radius 2 is 2.04 bits per heavy atom. The number of nitriles is 1. The molecule has 0 spiro atoms. The topological polar surface area (TPSA) is 118 Å². The Kier molecular flexibility index (Phi) is 4.80. The zero-order valence-corrected chi connectivity index (χ0v) is 15.0. The van der Waals surface area contributed by atoms with Crippen LogP contribution in [-0.4, -0.2) is 31.3 Å². The van der Waals surface area contributed by atoms with Gasteiger partial charge in [0.25, 0.3) is 5.95 Å². The number of anilines is 2. The van der Waals surface area contributed by atoms with E-state index in [0.717, 1.165) is 30.2 Å². The van der Waals surface area contributed by atoms with E-state index in [1.807, 2.05) is 32.0 Å². The number of nitrogens with two attached hydrogens (primary N) is 1. The van der Waals surface area contributed by atoms with Gasteiger partial charge in [-0.25, -0.2) is 14.6 Å². The average molecular weight is 348 g/mol. The van der Waals surface area contributed by atoms with Gasteiger partial charge in [-0.1, -0.05) is 13.0 Å². The van der Waals surface area contributed by atoms with Crippen LogP contribution in [0.1, 0.15) is 30.3 Å². The summed E-state index contributed by atoms with van der Waals surface area (Å²) in [6, 6.07) is 9.54. The molecule has 0 amide bonds. The van der Waals surface area contributed by atoms with Crippen molar-refractivity contribution in [1.29, 1.82) is 5.26 Å². The number of nitrogen functional groups attached to an aromatic ring is 1. The van der Waals surface area contributed by atoms with E-state index in [1.54, 1.807) is 10.7 Å². The van der Waals surface area contributed by atoms with Crippen molar-refractivity contribution in [1.82, 2.24) is 24.7 Å². The van der Waals surface area contributed by atoms with Crippen molar-refractivity contribution in [2.45, 2.75) is 27.2 Å². The molecular weight excluding hydrogens is 328 g/mol. The predicted octanol–water partition coefficient (Wildman–Crippen LogP) is 2.62. The quantitative estimate of drug-likeness (QED) is 0.727. The first-order valence-electron chi connectivity index (χ1n) is 8.36. The van der Waals surface area contributed by atoms with Gasteiger partial charge in [-0.05, 0) is 38.5 Å². The van der Waals surface area contributed by atoms with Crippen LogP contribution in [0.5, 0.6) is 0 Å². The summed E-state index contributed by atoms with van der Waals surface area (Å²) >= 11 is 0. The van der Waals surface area contributed by atoms with Gasteiger partial charge in [0, 0.05) is 12.2 Å². The smallest absolute Gasteiger partial charge is 0.253 e. The molecule has 0 radical (unpaired) electrons. The Bertz CT molecular complexity index is 983. The Labute approximate surface area is 151 Å². The fourth-order valence-corrected chi connectivity index (χ4v) is 2.61. The highest BCUT2D eigenvalue weighted by Crippen LogP contribution is 2.25. The van der Waals surface area contributed by atoms with Gasteiger partial charge >= 0.3 is 0 Å². The number of aromatic nitrogens is 5. The third-order valence-corrected chi connectivity index (χ3v) is 3.78. The molecule has 132 valence electrons. The molecule has 0 atom stereocenters. The van der Waals surface area contributed by atoms with Gasteiger partial charge in [0.1, 0.15) is 29.0 Å². The van der Waals surface area contributed by atoms with Gasteiger partial charge in [0.2, 0.25) is 0 Å². The second kappa shape index (κ2) is 7.19.